The summed E-state index contributed by atoms with van der Waals surface area (Å²) >= 11 is 1.55. The lowest BCUT2D eigenvalue weighted by atomic mass is 10.1. The van der Waals surface area contributed by atoms with Gasteiger partial charge in [-0.05, 0) is 42.8 Å². The number of nitrogens with zero attached hydrogens (tertiary/aromatic N) is 4. The molecule has 0 fully saturated rings. The van der Waals surface area contributed by atoms with Crippen LogP contribution in [0.4, 0.5) is 5.82 Å². The van der Waals surface area contributed by atoms with E-state index in [4.69, 9.17) is 19.2 Å². The Bertz CT molecular complexity index is 1390. The minimum atomic E-state index is -0.0106. The number of amides is 1. The number of carbonyl (C=O) groups excluding carboxylic acids is 1. The van der Waals surface area contributed by atoms with Crippen molar-refractivity contribution in [2.24, 2.45) is 0 Å². The van der Waals surface area contributed by atoms with Crippen LogP contribution in [0, 0.1) is 6.92 Å². The standard InChI is InChI=1S/C28H32N4O4S/c1-18-29-21(17-37-18)14-26(33)32(15-19-7-9-22(34-4)10-8-19)16-20-13-23-24(35-5)11-12-25(36-6)27(23)30-28(20)31(2)3/h7-13,17H,14-16H2,1-6H3. The summed E-state index contributed by atoms with van der Waals surface area (Å²) in [4.78, 5) is 26.8. The molecule has 4 rings (SSSR count). The van der Waals surface area contributed by atoms with Gasteiger partial charge in [0.2, 0.25) is 5.91 Å². The number of thiazole rings is 1. The molecule has 194 valence electrons. The van der Waals surface area contributed by atoms with Gasteiger partial charge in [-0.25, -0.2) is 9.97 Å². The van der Waals surface area contributed by atoms with Crippen molar-refractivity contribution in [2.75, 3.05) is 40.3 Å². The van der Waals surface area contributed by atoms with Crippen LogP contribution in [0.25, 0.3) is 10.9 Å². The Labute approximate surface area is 221 Å². The maximum absolute atomic E-state index is 13.6. The van der Waals surface area contributed by atoms with Crippen LogP contribution in [0.5, 0.6) is 17.2 Å². The Morgan fingerprint density at radius 3 is 2.22 bits per heavy atom. The highest BCUT2D eigenvalue weighted by Gasteiger charge is 2.21. The number of fused-ring (bicyclic) bond motifs is 1. The number of hydrogen-bond acceptors (Lipinski definition) is 8. The first-order chi connectivity index (χ1) is 17.8. The van der Waals surface area contributed by atoms with Crippen molar-refractivity contribution >= 4 is 34.0 Å². The molecule has 2 aromatic heterocycles. The van der Waals surface area contributed by atoms with Gasteiger partial charge in [0.25, 0.3) is 0 Å². The number of aromatic nitrogens is 2. The number of ether oxygens (including phenoxy) is 3. The number of anilines is 1. The number of pyridine rings is 1. The minimum Gasteiger partial charge on any atom is -0.497 e. The molecule has 1 amide bonds. The molecular formula is C28H32N4O4S. The predicted octanol–water partition coefficient (Wildman–Crippen LogP) is 4.86. The van der Waals surface area contributed by atoms with Crippen molar-refractivity contribution in [3.8, 4) is 17.2 Å². The van der Waals surface area contributed by atoms with E-state index in [9.17, 15) is 4.79 Å². The van der Waals surface area contributed by atoms with Gasteiger partial charge in [0.05, 0.1) is 38.5 Å². The molecule has 4 aromatic rings. The fraction of sp³-hybridized carbons (Fsp3) is 0.321. The van der Waals surface area contributed by atoms with E-state index in [1.165, 1.54) is 0 Å². The Balaban J connectivity index is 1.75. The number of aryl methyl sites for hydroxylation is 1. The van der Waals surface area contributed by atoms with Crippen molar-refractivity contribution in [3.05, 3.63) is 69.7 Å². The smallest absolute Gasteiger partial charge is 0.229 e. The molecule has 0 atom stereocenters. The van der Waals surface area contributed by atoms with E-state index in [1.54, 1.807) is 32.7 Å². The molecule has 0 aliphatic carbocycles. The van der Waals surface area contributed by atoms with Crippen molar-refractivity contribution in [2.45, 2.75) is 26.4 Å². The molecule has 0 unspecified atom stereocenters. The van der Waals surface area contributed by atoms with E-state index in [-0.39, 0.29) is 12.3 Å². The molecule has 0 saturated carbocycles. The third-order valence-electron chi connectivity index (χ3n) is 6.07. The van der Waals surface area contributed by atoms with Crippen molar-refractivity contribution in [1.29, 1.82) is 0 Å². The summed E-state index contributed by atoms with van der Waals surface area (Å²) in [5, 5.41) is 3.72. The summed E-state index contributed by atoms with van der Waals surface area (Å²) < 4.78 is 16.5. The lowest BCUT2D eigenvalue weighted by Crippen LogP contribution is -2.32. The van der Waals surface area contributed by atoms with Gasteiger partial charge < -0.3 is 24.0 Å². The third-order valence-corrected chi connectivity index (χ3v) is 6.89. The second-order valence-corrected chi connectivity index (χ2v) is 9.93. The van der Waals surface area contributed by atoms with Gasteiger partial charge in [-0.1, -0.05) is 12.1 Å². The zero-order valence-electron chi connectivity index (χ0n) is 22.1. The quantitative estimate of drug-likeness (QED) is 0.295. The molecule has 8 nitrogen and oxygen atoms in total. The largest absolute Gasteiger partial charge is 0.497 e. The van der Waals surface area contributed by atoms with Gasteiger partial charge in [0, 0.05) is 43.5 Å². The average Bonchev–Trinajstić information content (AvgIpc) is 3.31. The topological polar surface area (TPSA) is 77.0 Å². The lowest BCUT2D eigenvalue weighted by molar-refractivity contribution is -0.131. The van der Waals surface area contributed by atoms with Crippen LogP contribution in [0.2, 0.25) is 0 Å². The van der Waals surface area contributed by atoms with E-state index < -0.39 is 0 Å². The summed E-state index contributed by atoms with van der Waals surface area (Å²) in [6.45, 7) is 2.75. The molecule has 0 aliphatic rings. The molecule has 9 heteroatoms. The van der Waals surface area contributed by atoms with E-state index in [2.05, 4.69) is 4.98 Å². The second kappa shape index (κ2) is 11.5. The van der Waals surface area contributed by atoms with Gasteiger partial charge in [-0.2, -0.15) is 0 Å². The maximum Gasteiger partial charge on any atom is 0.229 e. The highest BCUT2D eigenvalue weighted by Crippen LogP contribution is 2.35. The van der Waals surface area contributed by atoms with Crippen LogP contribution in [-0.4, -0.2) is 56.2 Å². The van der Waals surface area contributed by atoms with E-state index in [0.29, 0.717) is 30.1 Å². The van der Waals surface area contributed by atoms with Crippen molar-refractivity contribution in [3.63, 3.8) is 0 Å². The molecule has 0 aliphatic heterocycles. The second-order valence-electron chi connectivity index (χ2n) is 8.86. The predicted molar refractivity (Wildman–Crippen MR) is 147 cm³/mol. The SMILES string of the molecule is COc1ccc(CN(Cc2cc3c(OC)ccc(OC)c3nc2N(C)C)C(=O)Cc2csc(C)n2)cc1. The van der Waals surface area contributed by atoms with Gasteiger partial charge >= 0.3 is 0 Å². The zero-order valence-corrected chi connectivity index (χ0v) is 22.9. The number of hydrogen-bond donors (Lipinski definition) is 0. The number of benzene rings is 2. The zero-order chi connectivity index (χ0) is 26.5. The Kier molecular flexibility index (Phi) is 8.13. The summed E-state index contributed by atoms with van der Waals surface area (Å²) in [7, 11) is 8.78. The van der Waals surface area contributed by atoms with E-state index in [0.717, 1.165) is 38.8 Å². The highest BCUT2D eigenvalue weighted by atomic mass is 32.1. The molecule has 2 aromatic carbocycles. The first-order valence-corrected chi connectivity index (χ1v) is 12.7. The molecule has 0 saturated heterocycles. The van der Waals surface area contributed by atoms with Crippen LogP contribution in [0.1, 0.15) is 21.8 Å². The van der Waals surface area contributed by atoms with Crippen LogP contribution >= 0.6 is 11.3 Å². The van der Waals surface area contributed by atoms with E-state index in [1.807, 2.05) is 78.7 Å². The van der Waals surface area contributed by atoms with Gasteiger partial charge in [0.15, 0.2) is 0 Å². The average molecular weight is 521 g/mol. The van der Waals surface area contributed by atoms with E-state index >= 15 is 0 Å². The highest BCUT2D eigenvalue weighted by molar-refractivity contribution is 7.09. The fourth-order valence-corrected chi connectivity index (χ4v) is 4.85. The molecule has 37 heavy (non-hydrogen) atoms. The normalized spacial score (nSPS) is 10.9. The summed E-state index contributed by atoms with van der Waals surface area (Å²) in [5.74, 6) is 2.88. The lowest BCUT2D eigenvalue weighted by Gasteiger charge is -2.26. The Morgan fingerprint density at radius 1 is 0.919 bits per heavy atom. The van der Waals surface area contributed by atoms with Crippen molar-refractivity contribution < 1.29 is 19.0 Å². The molecular weight excluding hydrogens is 488 g/mol. The molecule has 0 radical (unpaired) electrons. The maximum atomic E-state index is 13.6. The fourth-order valence-electron chi connectivity index (χ4n) is 4.23. The first-order valence-electron chi connectivity index (χ1n) is 11.9. The number of carbonyl (C=O) groups is 1. The summed E-state index contributed by atoms with van der Waals surface area (Å²) in [6.07, 6.45) is 0.232. The van der Waals surface area contributed by atoms with Gasteiger partial charge in [-0.15, -0.1) is 11.3 Å². The van der Waals surface area contributed by atoms with Crippen LogP contribution in [0.15, 0.2) is 47.8 Å². The Hall–Kier alpha value is -3.85. The third kappa shape index (κ3) is 5.94. The summed E-state index contributed by atoms with van der Waals surface area (Å²) in [5.41, 5.74) is 3.40. The minimum absolute atomic E-state index is 0.0106. The molecule has 2 heterocycles. The molecule has 0 N–H and O–H groups in total. The number of methoxy groups -OCH3 is 3. The Morgan fingerprint density at radius 2 is 1.62 bits per heavy atom. The summed E-state index contributed by atoms with van der Waals surface area (Å²) in [6, 6.07) is 13.5. The molecule has 0 spiro atoms. The van der Waals surface area contributed by atoms with Crippen molar-refractivity contribution in [1.82, 2.24) is 14.9 Å². The van der Waals surface area contributed by atoms with Crippen LogP contribution < -0.4 is 19.1 Å². The van der Waals surface area contributed by atoms with Gasteiger partial charge in [-0.3, -0.25) is 4.79 Å². The number of rotatable bonds is 10. The van der Waals surface area contributed by atoms with Crippen LogP contribution in [-0.2, 0) is 24.3 Å². The van der Waals surface area contributed by atoms with Crippen LogP contribution in [0.3, 0.4) is 0 Å². The molecule has 0 bridgehead atoms. The van der Waals surface area contributed by atoms with Gasteiger partial charge in [0.1, 0.15) is 28.6 Å². The monoisotopic (exact) mass is 520 g/mol. The first kappa shape index (κ1) is 26.2.